The van der Waals surface area contributed by atoms with Gasteiger partial charge in [-0.3, -0.25) is 0 Å². The van der Waals surface area contributed by atoms with E-state index in [2.05, 4.69) is 9.88 Å². The molecule has 1 aromatic rings. The van der Waals surface area contributed by atoms with Crippen molar-refractivity contribution in [2.75, 3.05) is 18.1 Å². The zero-order chi connectivity index (χ0) is 13.2. The van der Waals surface area contributed by atoms with Crippen molar-refractivity contribution in [3.05, 3.63) is 23.4 Å². The molecule has 2 atom stereocenters. The highest BCUT2D eigenvalue weighted by Crippen LogP contribution is 2.31. The van der Waals surface area contributed by atoms with Crippen molar-refractivity contribution in [2.45, 2.75) is 51.4 Å². The third-order valence-electron chi connectivity index (χ3n) is 4.21. The zero-order valence-electron chi connectivity index (χ0n) is 11.5. The predicted molar refractivity (Wildman–Crippen MR) is 74.2 cm³/mol. The number of aryl methyl sites for hydroxylation is 1. The van der Waals surface area contributed by atoms with Crippen LogP contribution in [0.5, 0.6) is 0 Å². The number of aliphatic hydroxyl groups is 1. The van der Waals surface area contributed by atoms with E-state index in [0.29, 0.717) is 12.1 Å². The van der Waals surface area contributed by atoms with Gasteiger partial charge in [-0.25, -0.2) is 4.98 Å². The summed E-state index contributed by atoms with van der Waals surface area (Å²) in [5.41, 5.74) is 1.92. The minimum absolute atomic E-state index is 0.0782. The second kappa shape index (κ2) is 5.47. The lowest BCUT2D eigenvalue weighted by Crippen LogP contribution is -2.53. The minimum Gasteiger partial charge on any atom is -0.392 e. The van der Waals surface area contributed by atoms with Crippen molar-refractivity contribution >= 4 is 5.82 Å². The Kier molecular flexibility index (Phi) is 3.71. The molecular weight excluding hydrogens is 240 g/mol. The fourth-order valence-electron chi connectivity index (χ4n) is 3.34. The second-order valence-electron chi connectivity index (χ2n) is 5.59. The van der Waals surface area contributed by atoms with E-state index in [1.807, 2.05) is 19.1 Å². The Balaban J connectivity index is 1.89. The number of hydrogen-bond acceptors (Lipinski definition) is 4. The predicted octanol–water partition coefficient (Wildman–Crippen LogP) is 2.03. The maximum atomic E-state index is 9.35. The van der Waals surface area contributed by atoms with Gasteiger partial charge in [-0.1, -0.05) is 12.8 Å². The molecule has 1 saturated carbocycles. The molecule has 19 heavy (non-hydrogen) atoms. The van der Waals surface area contributed by atoms with Gasteiger partial charge in [-0.15, -0.1) is 0 Å². The van der Waals surface area contributed by atoms with E-state index in [9.17, 15) is 5.11 Å². The molecular formula is C15H22N2O2. The van der Waals surface area contributed by atoms with Gasteiger partial charge < -0.3 is 14.7 Å². The molecule has 0 bridgehead atoms. The lowest BCUT2D eigenvalue weighted by atomic mass is 9.90. The zero-order valence-corrected chi connectivity index (χ0v) is 11.5. The smallest absolute Gasteiger partial charge is 0.129 e. The van der Waals surface area contributed by atoms with E-state index in [-0.39, 0.29) is 6.61 Å². The van der Waals surface area contributed by atoms with Gasteiger partial charge in [0.1, 0.15) is 5.82 Å². The SMILES string of the molecule is Cc1cc(CO)cc(N2CCOC3CCCCC32)n1. The average molecular weight is 262 g/mol. The minimum atomic E-state index is 0.0782. The quantitative estimate of drug-likeness (QED) is 0.886. The second-order valence-corrected chi connectivity index (χ2v) is 5.59. The number of ether oxygens (including phenoxy) is 1. The molecule has 2 unspecified atom stereocenters. The number of nitrogens with zero attached hydrogens (tertiary/aromatic N) is 2. The summed E-state index contributed by atoms with van der Waals surface area (Å²) in [6, 6.07) is 4.43. The number of aromatic nitrogens is 1. The normalized spacial score (nSPS) is 27.2. The number of rotatable bonds is 2. The summed E-state index contributed by atoms with van der Waals surface area (Å²) >= 11 is 0. The van der Waals surface area contributed by atoms with Crippen LogP contribution in [0.15, 0.2) is 12.1 Å². The van der Waals surface area contributed by atoms with Crippen LogP contribution in [0.4, 0.5) is 5.82 Å². The van der Waals surface area contributed by atoms with Crippen LogP contribution in [0, 0.1) is 6.92 Å². The largest absolute Gasteiger partial charge is 0.392 e. The number of fused-ring (bicyclic) bond motifs is 1. The van der Waals surface area contributed by atoms with Crippen molar-refractivity contribution in [3.8, 4) is 0 Å². The van der Waals surface area contributed by atoms with Crippen molar-refractivity contribution in [2.24, 2.45) is 0 Å². The van der Waals surface area contributed by atoms with Gasteiger partial charge >= 0.3 is 0 Å². The van der Waals surface area contributed by atoms with Crippen LogP contribution in [0.1, 0.15) is 36.9 Å². The summed E-state index contributed by atoms with van der Waals surface area (Å²) in [6.45, 7) is 3.75. The van der Waals surface area contributed by atoms with E-state index in [1.165, 1.54) is 25.7 Å². The molecule has 2 aliphatic rings. The van der Waals surface area contributed by atoms with Gasteiger partial charge in [0.2, 0.25) is 0 Å². The molecule has 0 radical (unpaired) electrons. The maximum absolute atomic E-state index is 9.35. The van der Waals surface area contributed by atoms with E-state index in [4.69, 9.17) is 4.74 Å². The third-order valence-corrected chi connectivity index (χ3v) is 4.21. The molecule has 4 heteroatoms. The summed E-state index contributed by atoms with van der Waals surface area (Å²) in [4.78, 5) is 7.04. The maximum Gasteiger partial charge on any atom is 0.129 e. The lowest BCUT2D eigenvalue weighted by molar-refractivity contribution is -0.00900. The molecule has 2 fully saturated rings. The molecule has 3 rings (SSSR count). The number of morpholine rings is 1. The van der Waals surface area contributed by atoms with Crippen LogP contribution >= 0.6 is 0 Å². The van der Waals surface area contributed by atoms with Crippen LogP contribution in [-0.4, -0.2) is 35.4 Å². The van der Waals surface area contributed by atoms with Gasteiger partial charge in [0, 0.05) is 12.2 Å². The highest BCUT2D eigenvalue weighted by atomic mass is 16.5. The number of pyridine rings is 1. The molecule has 4 nitrogen and oxygen atoms in total. The topological polar surface area (TPSA) is 45.6 Å². The first-order valence-corrected chi connectivity index (χ1v) is 7.24. The summed E-state index contributed by atoms with van der Waals surface area (Å²) in [6.07, 6.45) is 5.27. The average Bonchev–Trinajstić information content (AvgIpc) is 2.46. The van der Waals surface area contributed by atoms with E-state index < -0.39 is 0 Å². The van der Waals surface area contributed by atoms with Gasteiger partial charge in [0.15, 0.2) is 0 Å². The van der Waals surface area contributed by atoms with Gasteiger partial charge in [-0.05, 0) is 37.5 Å². The van der Waals surface area contributed by atoms with E-state index in [1.54, 1.807) is 0 Å². The molecule has 0 amide bonds. The monoisotopic (exact) mass is 262 g/mol. The van der Waals surface area contributed by atoms with Crippen LogP contribution < -0.4 is 4.90 Å². The Labute approximate surface area is 114 Å². The van der Waals surface area contributed by atoms with E-state index >= 15 is 0 Å². The summed E-state index contributed by atoms with van der Waals surface area (Å²) in [5, 5.41) is 9.35. The number of anilines is 1. The third kappa shape index (κ3) is 2.60. The number of hydrogen-bond donors (Lipinski definition) is 1. The fourth-order valence-corrected chi connectivity index (χ4v) is 3.34. The van der Waals surface area contributed by atoms with Crippen molar-refractivity contribution in [1.82, 2.24) is 4.98 Å². The molecule has 1 aliphatic carbocycles. The molecule has 1 N–H and O–H groups in total. The molecule has 1 saturated heterocycles. The molecule has 104 valence electrons. The first kappa shape index (κ1) is 12.9. The molecule has 1 aliphatic heterocycles. The highest BCUT2D eigenvalue weighted by molar-refractivity contribution is 5.44. The van der Waals surface area contributed by atoms with Gasteiger partial charge in [0.05, 0.1) is 25.4 Å². The molecule has 0 spiro atoms. The lowest BCUT2D eigenvalue weighted by Gasteiger charge is -2.44. The molecule has 2 heterocycles. The Morgan fingerprint density at radius 2 is 2.21 bits per heavy atom. The standard InChI is InChI=1S/C15H22N2O2/c1-11-8-12(10-18)9-15(16-11)17-6-7-19-14-5-3-2-4-13(14)17/h8-9,13-14,18H,2-7,10H2,1H3. The molecule has 0 aromatic carbocycles. The van der Waals surface area contributed by atoms with Crippen LogP contribution in [0.2, 0.25) is 0 Å². The fraction of sp³-hybridized carbons (Fsp3) is 0.667. The Hall–Kier alpha value is -1.13. The first-order valence-electron chi connectivity index (χ1n) is 7.24. The van der Waals surface area contributed by atoms with Gasteiger partial charge in [0.25, 0.3) is 0 Å². The van der Waals surface area contributed by atoms with E-state index in [0.717, 1.165) is 30.2 Å². The van der Waals surface area contributed by atoms with Crippen molar-refractivity contribution in [1.29, 1.82) is 0 Å². The first-order chi connectivity index (χ1) is 9.28. The summed E-state index contributed by atoms with van der Waals surface area (Å²) < 4.78 is 5.90. The van der Waals surface area contributed by atoms with Crippen LogP contribution in [0.25, 0.3) is 0 Å². The van der Waals surface area contributed by atoms with Crippen molar-refractivity contribution < 1.29 is 9.84 Å². The summed E-state index contributed by atoms with van der Waals surface area (Å²) in [7, 11) is 0. The Morgan fingerprint density at radius 1 is 1.37 bits per heavy atom. The Morgan fingerprint density at radius 3 is 3.05 bits per heavy atom. The molecule has 1 aromatic heterocycles. The van der Waals surface area contributed by atoms with Crippen molar-refractivity contribution in [3.63, 3.8) is 0 Å². The Bertz CT molecular complexity index is 448. The van der Waals surface area contributed by atoms with Gasteiger partial charge in [-0.2, -0.15) is 0 Å². The van der Waals surface area contributed by atoms with Crippen LogP contribution in [-0.2, 0) is 11.3 Å². The highest BCUT2D eigenvalue weighted by Gasteiger charge is 2.34. The number of aliphatic hydroxyl groups excluding tert-OH is 1. The van der Waals surface area contributed by atoms with Crippen LogP contribution in [0.3, 0.4) is 0 Å². The summed E-state index contributed by atoms with van der Waals surface area (Å²) in [5.74, 6) is 1.00.